The van der Waals surface area contributed by atoms with E-state index < -0.39 is 0 Å². The number of carbonyl (C=O) groups excluding carboxylic acids is 1. The van der Waals surface area contributed by atoms with Crippen molar-refractivity contribution >= 4 is 5.91 Å². The minimum Gasteiger partial charge on any atom is -0.464 e. The van der Waals surface area contributed by atoms with Crippen LogP contribution in [-0.2, 0) is 11.3 Å². The van der Waals surface area contributed by atoms with Crippen LogP contribution in [0.4, 0.5) is 0 Å². The summed E-state index contributed by atoms with van der Waals surface area (Å²) in [5.74, 6) is 3.50. The van der Waals surface area contributed by atoms with Crippen LogP contribution in [0.3, 0.4) is 0 Å². The summed E-state index contributed by atoms with van der Waals surface area (Å²) in [6.45, 7) is 5.92. The van der Waals surface area contributed by atoms with Crippen molar-refractivity contribution in [1.29, 1.82) is 0 Å². The minimum absolute atomic E-state index is 0.111. The molecule has 0 aliphatic heterocycles. The highest BCUT2D eigenvalue weighted by molar-refractivity contribution is 5.77. The van der Waals surface area contributed by atoms with Crippen molar-refractivity contribution in [3.63, 3.8) is 0 Å². The molecule has 0 bridgehead atoms. The monoisotopic (exact) mass is 250 g/mol. The summed E-state index contributed by atoms with van der Waals surface area (Å²) in [5, 5.41) is 3.12. The van der Waals surface area contributed by atoms with Crippen LogP contribution in [0.2, 0.25) is 0 Å². The quantitative estimate of drug-likeness (QED) is 0.839. The lowest BCUT2D eigenvalue weighted by Crippen LogP contribution is -2.35. The van der Waals surface area contributed by atoms with E-state index in [9.17, 15) is 4.79 Å². The topological polar surface area (TPSA) is 45.5 Å². The number of nitrogens with one attached hydrogen (secondary N) is 1. The average molecular weight is 250 g/mol. The van der Waals surface area contributed by atoms with Gasteiger partial charge in [0, 0.05) is 19.5 Å². The molecule has 2 atom stereocenters. The molecule has 1 amide bonds. The van der Waals surface area contributed by atoms with Gasteiger partial charge >= 0.3 is 0 Å². The van der Waals surface area contributed by atoms with Crippen LogP contribution in [-0.4, -0.2) is 30.9 Å². The third kappa shape index (κ3) is 3.13. The third-order valence-corrected chi connectivity index (χ3v) is 3.63. The molecule has 1 aliphatic rings. The van der Waals surface area contributed by atoms with E-state index in [2.05, 4.69) is 18.3 Å². The first kappa shape index (κ1) is 13.1. The first-order chi connectivity index (χ1) is 8.61. The number of likely N-dealkylation sites (N-methyl/N-ethyl adjacent to an activating group) is 1. The number of hydrogen-bond acceptors (Lipinski definition) is 3. The molecular formula is C14H22N2O2. The molecule has 1 aliphatic carbocycles. The minimum atomic E-state index is 0.111. The number of amides is 1. The summed E-state index contributed by atoms with van der Waals surface area (Å²) in [5.41, 5.74) is 0. The van der Waals surface area contributed by atoms with Gasteiger partial charge < -0.3 is 14.6 Å². The van der Waals surface area contributed by atoms with E-state index in [1.807, 2.05) is 20.0 Å². The molecule has 0 radical (unpaired) electrons. The molecule has 1 aromatic rings. The lowest BCUT2D eigenvalue weighted by molar-refractivity contribution is -0.128. The number of rotatable bonds is 6. The Balaban J connectivity index is 1.73. The maximum Gasteiger partial charge on any atom is 0.236 e. The van der Waals surface area contributed by atoms with Crippen molar-refractivity contribution in [2.45, 2.75) is 32.7 Å². The van der Waals surface area contributed by atoms with Gasteiger partial charge in [-0.3, -0.25) is 4.79 Å². The molecule has 0 spiro atoms. The van der Waals surface area contributed by atoms with Crippen molar-refractivity contribution in [1.82, 2.24) is 10.2 Å². The predicted molar refractivity (Wildman–Crippen MR) is 70.2 cm³/mol. The molecule has 1 saturated carbocycles. The van der Waals surface area contributed by atoms with E-state index in [0.717, 1.165) is 24.0 Å². The predicted octanol–water partition coefficient (Wildman–Crippen LogP) is 1.97. The molecular weight excluding hydrogens is 228 g/mol. The van der Waals surface area contributed by atoms with Gasteiger partial charge in [0.2, 0.25) is 5.91 Å². The lowest BCUT2D eigenvalue weighted by Gasteiger charge is -2.14. The van der Waals surface area contributed by atoms with Crippen LogP contribution in [0.25, 0.3) is 0 Å². The largest absolute Gasteiger partial charge is 0.464 e. The molecule has 18 heavy (non-hydrogen) atoms. The molecule has 1 N–H and O–H groups in total. The van der Waals surface area contributed by atoms with Crippen molar-refractivity contribution in [3.8, 4) is 0 Å². The Morgan fingerprint density at radius 3 is 2.89 bits per heavy atom. The fraction of sp³-hybridized carbons (Fsp3) is 0.643. The van der Waals surface area contributed by atoms with Gasteiger partial charge in [-0.15, -0.1) is 0 Å². The maximum atomic E-state index is 11.6. The van der Waals surface area contributed by atoms with Crippen LogP contribution in [0.1, 0.15) is 37.7 Å². The highest BCUT2D eigenvalue weighted by atomic mass is 16.3. The Bertz CT molecular complexity index is 414. The average Bonchev–Trinajstić information content (AvgIpc) is 2.91. The van der Waals surface area contributed by atoms with Crippen molar-refractivity contribution < 1.29 is 9.21 Å². The maximum absolute atomic E-state index is 11.6. The van der Waals surface area contributed by atoms with Crippen molar-refractivity contribution in [2.24, 2.45) is 5.92 Å². The molecule has 0 saturated heterocycles. The van der Waals surface area contributed by atoms with Crippen LogP contribution in [0.15, 0.2) is 16.5 Å². The van der Waals surface area contributed by atoms with E-state index in [1.165, 1.54) is 6.42 Å². The molecule has 100 valence electrons. The summed E-state index contributed by atoms with van der Waals surface area (Å²) >= 11 is 0. The van der Waals surface area contributed by atoms with E-state index >= 15 is 0 Å². The lowest BCUT2D eigenvalue weighted by atomic mass is 10.3. The molecule has 1 fully saturated rings. The zero-order valence-corrected chi connectivity index (χ0v) is 11.4. The highest BCUT2D eigenvalue weighted by Gasteiger charge is 2.36. The SMILES string of the molecule is CCN(C)C(=O)CNCc1ccc(C2CC2C)o1. The zero-order chi connectivity index (χ0) is 13.1. The second-order valence-corrected chi connectivity index (χ2v) is 5.14. The van der Waals surface area contributed by atoms with Gasteiger partial charge in [0.1, 0.15) is 11.5 Å². The normalized spacial score (nSPS) is 21.9. The van der Waals surface area contributed by atoms with E-state index in [-0.39, 0.29) is 5.91 Å². The standard InChI is InChI=1S/C14H22N2O2/c1-4-16(3)14(17)9-15-8-11-5-6-13(18-11)12-7-10(12)2/h5-6,10,12,15H,4,7-9H2,1-3H3. The van der Waals surface area contributed by atoms with Crippen LogP contribution in [0.5, 0.6) is 0 Å². The summed E-state index contributed by atoms with van der Waals surface area (Å²) < 4.78 is 5.76. The third-order valence-electron chi connectivity index (χ3n) is 3.63. The molecule has 4 nitrogen and oxygen atoms in total. The molecule has 2 unspecified atom stereocenters. The molecule has 1 aromatic heterocycles. The van der Waals surface area contributed by atoms with Crippen molar-refractivity contribution in [3.05, 3.63) is 23.7 Å². The van der Waals surface area contributed by atoms with Gasteiger partial charge in [-0.05, 0) is 31.4 Å². The summed E-state index contributed by atoms with van der Waals surface area (Å²) in [7, 11) is 1.81. The Morgan fingerprint density at radius 1 is 1.56 bits per heavy atom. The molecule has 2 rings (SSSR count). The first-order valence-electron chi connectivity index (χ1n) is 6.65. The second-order valence-electron chi connectivity index (χ2n) is 5.14. The van der Waals surface area contributed by atoms with Crippen LogP contribution >= 0.6 is 0 Å². The first-order valence-corrected chi connectivity index (χ1v) is 6.65. The number of hydrogen-bond donors (Lipinski definition) is 1. The Labute approximate surface area is 108 Å². The van der Waals surface area contributed by atoms with E-state index in [4.69, 9.17) is 4.42 Å². The molecule has 4 heteroatoms. The summed E-state index contributed by atoms with van der Waals surface area (Å²) in [6.07, 6.45) is 1.24. The van der Waals surface area contributed by atoms with Gasteiger partial charge in [0.15, 0.2) is 0 Å². The van der Waals surface area contributed by atoms with Gasteiger partial charge in [0.25, 0.3) is 0 Å². The van der Waals surface area contributed by atoms with Crippen LogP contribution in [0, 0.1) is 5.92 Å². The number of nitrogens with zero attached hydrogens (tertiary/aromatic N) is 1. The fourth-order valence-electron chi connectivity index (χ4n) is 2.01. The van der Waals surface area contributed by atoms with Crippen LogP contribution < -0.4 is 5.32 Å². The molecule has 0 aromatic carbocycles. The smallest absolute Gasteiger partial charge is 0.236 e. The fourth-order valence-corrected chi connectivity index (χ4v) is 2.01. The molecule has 1 heterocycles. The Morgan fingerprint density at radius 2 is 2.28 bits per heavy atom. The Hall–Kier alpha value is -1.29. The summed E-state index contributed by atoms with van der Waals surface area (Å²) in [4.78, 5) is 13.3. The second kappa shape index (κ2) is 5.57. The van der Waals surface area contributed by atoms with Gasteiger partial charge in [-0.1, -0.05) is 6.92 Å². The van der Waals surface area contributed by atoms with Gasteiger partial charge in [-0.2, -0.15) is 0 Å². The summed E-state index contributed by atoms with van der Waals surface area (Å²) in [6, 6.07) is 4.06. The zero-order valence-electron chi connectivity index (χ0n) is 11.4. The van der Waals surface area contributed by atoms with Crippen molar-refractivity contribution in [2.75, 3.05) is 20.1 Å². The highest BCUT2D eigenvalue weighted by Crippen LogP contribution is 2.47. The number of carbonyl (C=O) groups is 1. The van der Waals surface area contributed by atoms with E-state index in [1.54, 1.807) is 4.90 Å². The Kier molecular flexibility index (Phi) is 4.07. The van der Waals surface area contributed by atoms with Gasteiger partial charge in [0.05, 0.1) is 13.1 Å². The number of furan rings is 1. The van der Waals surface area contributed by atoms with Gasteiger partial charge in [-0.25, -0.2) is 0 Å². The van der Waals surface area contributed by atoms with E-state index in [0.29, 0.717) is 19.0 Å².